The summed E-state index contributed by atoms with van der Waals surface area (Å²) in [6, 6.07) is 15.4. The first kappa shape index (κ1) is 18.3. The van der Waals surface area contributed by atoms with Crippen LogP contribution in [-0.4, -0.2) is 33.3 Å². The highest BCUT2D eigenvalue weighted by atomic mass is 33.1. The standard InChI is InChI=1S/C16H15NO2S4/c18-15(12-21-16(20)13-6-2-1-3-7-13)19-10-11-22-23-14-8-4-5-9-17-14/h1-9H,10-12H2. The van der Waals surface area contributed by atoms with Gasteiger partial charge in [-0.3, -0.25) is 4.79 Å². The normalized spacial score (nSPS) is 10.3. The highest BCUT2D eigenvalue weighted by molar-refractivity contribution is 8.76. The van der Waals surface area contributed by atoms with Gasteiger partial charge in [0.25, 0.3) is 0 Å². The van der Waals surface area contributed by atoms with Crippen LogP contribution < -0.4 is 0 Å². The molecule has 0 unspecified atom stereocenters. The first-order valence-corrected chi connectivity index (χ1v) is 10.6. The maximum Gasteiger partial charge on any atom is 0.316 e. The summed E-state index contributed by atoms with van der Waals surface area (Å²) in [6.45, 7) is 0.391. The van der Waals surface area contributed by atoms with E-state index < -0.39 is 0 Å². The van der Waals surface area contributed by atoms with Gasteiger partial charge < -0.3 is 4.74 Å². The number of pyridine rings is 1. The summed E-state index contributed by atoms with van der Waals surface area (Å²) in [4.78, 5) is 15.9. The van der Waals surface area contributed by atoms with Gasteiger partial charge in [-0.25, -0.2) is 4.98 Å². The van der Waals surface area contributed by atoms with Crippen molar-refractivity contribution in [3.05, 3.63) is 60.3 Å². The predicted octanol–water partition coefficient (Wildman–Crippen LogP) is 4.47. The fourth-order valence-corrected chi connectivity index (χ4v) is 4.17. The van der Waals surface area contributed by atoms with E-state index in [1.807, 2.05) is 48.5 Å². The van der Waals surface area contributed by atoms with Gasteiger partial charge in [0.15, 0.2) is 0 Å². The van der Waals surface area contributed by atoms with E-state index in [4.69, 9.17) is 17.0 Å². The minimum absolute atomic E-state index is 0.239. The lowest BCUT2D eigenvalue weighted by Crippen LogP contribution is -2.11. The lowest BCUT2D eigenvalue weighted by molar-refractivity contribution is -0.139. The summed E-state index contributed by atoms with van der Waals surface area (Å²) in [5, 5.41) is 0.951. The van der Waals surface area contributed by atoms with Crippen molar-refractivity contribution in [2.45, 2.75) is 5.03 Å². The Balaban J connectivity index is 1.56. The van der Waals surface area contributed by atoms with Crippen LogP contribution in [0.15, 0.2) is 59.8 Å². The summed E-state index contributed by atoms with van der Waals surface area (Å²) in [5.74, 6) is 0.726. The quantitative estimate of drug-likeness (QED) is 0.289. The SMILES string of the molecule is O=C(CSC(=S)c1ccccc1)OCCSSc1ccccn1. The second-order valence-corrected chi connectivity index (χ2v) is 8.32. The van der Waals surface area contributed by atoms with Crippen molar-refractivity contribution in [1.29, 1.82) is 0 Å². The Morgan fingerprint density at radius 3 is 2.65 bits per heavy atom. The molecule has 2 rings (SSSR count). The van der Waals surface area contributed by atoms with E-state index in [0.29, 0.717) is 10.8 Å². The molecule has 3 nitrogen and oxygen atoms in total. The number of thiocarbonyl (C=S) groups is 1. The van der Waals surface area contributed by atoms with Crippen molar-refractivity contribution in [3.8, 4) is 0 Å². The second-order valence-electron chi connectivity index (χ2n) is 4.24. The molecule has 1 aromatic heterocycles. The van der Waals surface area contributed by atoms with Gasteiger partial charge in [0.05, 0.1) is 9.95 Å². The van der Waals surface area contributed by atoms with Gasteiger partial charge in [-0.15, -0.1) is 11.8 Å². The topological polar surface area (TPSA) is 39.2 Å². The van der Waals surface area contributed by atoms with E-state index in [0.717, 1.165) is 16.3 Å². The average Bonchev–Trinajstić information content (AvgIpc) is 2.61. The molecule has 120 valence electrons. The number of nitrogens with zero attached hydrogens (tertiary/aromatic N) is 1. The Kier molecular flexibility index (Phi) is 8.52. The first-order valence-electron chi connectivity index (χ1n) is 6.84. The lowest BCUT2D eigenvalue weighted by atomic mass is 10.2. The molecule has 0 fully saturated rings. The molecule has 0 bridgehead atoms. The van der Waals surface area contributed by atoms with E-state index in [-0.39, 0.29) is 11.7 Å². The number of carbonyl (C=O) groups is 1. The maximum atomic E-state index is 11.7. The van der Waals surface area contributed by atoms with E-state index in [2.05, 4.69) is 4.98 Å². The van der Waals surface area contributed by atoms with Gasteiger partial charge in [0, 0.05) is 11.9 Å². The summed E-state index contributed by atoms with van der Waals surface area (Å²) >= 11 is 6.62. The van der Waals surface area contributed by atoms with Crippen LogP contribution in [0.3, 0.4) is 0 Å². The largest absolute Gasteiger partial charge is 0.464 e. The Labute approximate surface area is 153 Å². The molecule has 0 saturated heterocycles. The Morgan fingerprint density at radius 1 is 1.13 bits per heavy atom. The summed E-state index contributed by atoms with van der Waals surface area (Å²) in [7, 11) is 3.19. The number of hydrogen-bond donors (Lipinski definition) is 0. The highest BCUT2D eigenvalue weighted by Gasteiger charge is 2.07. The Morgan fingerprint density at radius 2 is 1.91 bits per heavy atom. The van der Waals surface area contributed by atoms with Gasteiger partial charge in [0.1, 0.15) is 11.6 Å². The van der Waals surface area contributed by atoms with E-state index >= 15 is 0 Å². The molecule has 0 saturated carbocycles. The van der Waals surface area contributed by atoms with Gasteiger partial charge >= 0.3 is 5.97 Å². The van der Waals surface area contributed by atoms with Crippen molar-refractivity contribution in [2.24, 2.45) is 0 Å². The van der Waals surface area contributed by atoms with Crippen molar-refractivity contribution in [3.63, 3.8) is 0 Å². The van der Waals surface area contributed by atoms with Crippen molar-refractivity contribution in [1.82, 2.24) is 4.98 Å². The molecular weight excluding hydrogens is 366 g/mol. The molecule has 0 aliphatic heterocycles. The molecule has 23 heavy (non-hydrogen) atoms. The van der Waals surface area contributed by atoms with E-state index in [1.54, 1.807) is 27.8 Å². The van der Waals surface area contributed by atoms with Gasteiger partial charge in [-0.1, -0.05) is 59.4 Å². The predicted molar refractivity (Wildman–Crippen MR) is 104 cm³/mol. The molecule has 0 N–H and O–H groups in total. The number of rotatable bonds is 8. The second kappa shape index (κ2) is 10.7. The third kappa shape index (κ3) is 7.39. The molecule has 0 radical (unpaired) electrons. The Hall–Kier alpha value is -1.02. The zero-order valence-corrected chi connectivity index (χ0v) is 15.5. The van der Waals surface area contributed by atoms with Crippen LogP contribution in [0.1, 0.15) is 5.56 Å². The summed E-state index contributed by atoms with van der Waals surface area (Å²) < 4.78 is 5.90. The molecular formula is C16H15NO2S4. The van der Waals surface area contributed by atoms with Crippen molar-refractivity contribution in [2.75, 3.05) is 18.1 Å². The van der Waals surface area contributed by atoms with Gasteiger partial charge in [0.2, 0.25) is 0 Å². The average molecular weight is 382 g/mol. The minimum atomic E-state index is -0.239. The van der Waals surface area contributed by atoms with Crippen LogP contribution in [0, 0.1) is 0 Å². The molecule has 1 aromatic carbocycles. The van der Waals surface area contributed by atoms with Crippen LogP contribution in [-0.2, 0) is 9.53 Å². The zero-order chi connectivity index (χ0) is 16.3. The first-order chi connectivity index (χ1) is 11.3. The molecule has 0 spiro atoms. The monoisotopic (exact) mass is 381 g/mol. The smallest absolute Gasteiger partial charge is 0.316 e. The molecule has 0 atom stereocenters. The molecule has 7 heteroatoms. The van der Waals surface area contributed by atoms with Crippen molar-refractivity contribution < 1.29 is 9.53 Å². The third-order valence-electron chi connectivity index (χ3n) is 2.54. The molecule has 0 aliphatic rings. The van der Waals surface area contributed by atoms with Crippen LogP contribution in [0.2, 0.25) is 0 Å². The fourth-order valence-electron chi connectivity index (χ4n) is 1.51. The summed E-state index contributed by atoms with van der Waals surface area (Å²) in [5.41, 5.74) is 0.961. The number of carbonyl (C=O) groups excluding carboxylic acids is 1. The number of aromatic nitrogens is 1. The number of esters is 1. The number of thioether (sulfide) groups is 1. The van der Waals surface area contributed by atoms with Crippen LogP contribution in [0.25, 0.3) is 0 Å². The molecule has 0 amide bonds. The Bertz CT molecular complexity index is 622. The van der Waals surface area contributed by atoms with Crippen LogP contribution in [0.5, 0.6) is 0 Å². The number of benzene rings is 1. The van der Waals surface area contributed by atoms with Crippen molar-refractivity contribution >= 4 is 55.7 Å². The number of ether oxygens (including phenoxy) is 1. The number of hydrogen-bond acceptors (Lipinski definition) is 7. The summed E-state index contributed by atoms with van der Waals surface area (Å²) in [6.07, 6.45) is 1.76. The molecule has 2 aromatic rings. The van der Waals surface area contributed by atoms with E-state index in [9.17, 15) is 4.79 Å². The maximum absolute atomic E-state index is 11.7. The minimum Gasteiger partial charge on any atom is -0.464 e. The third-order valence-corrected chi connectivity index (χ3v) is 6.24. The van der Waals surface area contributed by atoms with E-state index in [1.165, 1.54) is 11.8 Å². The molecule has 0 aliphatic carbocycles. The van der Waals surface area contributed by atoms with Gasteiger partial charge in [-0.2, -0.15) is 0 Å². The van der Waals surface area contributed by atoms with Crippen LogP contribution >= 0.6 is 45.6 Å². The highest BCUT2D eigenvalue weighted by Crippen LogP contribution is 2.28. The fraction of sp³-hybridized carbons (Fsp3) is 0.188. The lowest BCUT2D eigenvalue weighted by Gasteiger charge is -2.05. The van der Waals surface area contributed by atoms with Crippen LogP contribution in [0.4, 0.5) is 0 Å². The zero-order valence-electron chi connectivity index (χ0n) is 12.2. The van der Waals surface area contributed by atoms with Gasteiger partial charge in [-0.05, 0) is 28.5 Å². The molecule has 1 heterocycles.